The van der Waals surface area contributed by atoms with Crippen molar-refractivity contribution in [2.45, 2.75) is 103 Å². The number of nitrogens with zero attached hydrogens (tertiary/aromatic N) is 12. The molecule has 7 aromatic heterocycles. The monoisotopic (exact) mass is 1610 g/mol. The molecule has 0 atom stereocenters. The number of hydrogen-bond acceptors (Lipinski definition) is 8. The fourth-order valence-electron chi connectivity index (χ4n) is 14.6. The van der Waals surface area contributed by atoms with Gasteiger partial charge in [-0.3, -0.25) is 19.9 Å². The Balaban J connectivity index is 0.000000115. The van der Waals surface area contributed by atoms with Crippen LogP contribution in [0.5, 0.6) is 0 Å². The van der Waals surface area contributed by atoms with E-state index in [9.17, 15) is 13.2 Å². The maximum Gasteiger partial charge on any atom is 0.149 e. The van der Waals surface area contributed by atoms with Crippen LogP contribution in [0.15, 0.2) is 171 Å². The standard InChI is InChI=1S/C20H21FN2.2C19H20FN3.C19H19I3N4/c1-22-11-10-20-18(14-22)17-13-16(21)7-8-19(17)23(20)12-9-15-5-3-2-4-6-15;1-22-10-7-19-17(13-22)16-12-15(20)2-3-18(16)23(19)11-6-14-4-8-21-9-5-14;1-22-9-7-19-17(13-22)16-11-15(20)4-5-18(16)23(19)10-6-14-3-2-8-21-12-14;1-25-8-5-18-16(12-25)15-10-13(19(20,21)22)2-3-17(15)26(18)9-4-14-11-23-6-7-24-14/h2-8,13H,9-12,14H2,1H3;2-5,8-9,12H,6-7,10-11,13H2,1H3;2-5,8,11-12H,6-7,9-10,13H2,1H3;2-3,6-7,10-11H,4-5,8-9,12H2,1H3. The number of likely N-dealkylation sites (N-methyl/N-ethyl adjacent to an activating group) is 4. The number of hydrogen-bond donors (Lipinski definition) is 0. The van der Waals surface area contributed by atoms with Gasteiger partial charge in [0, 0.05) is 220 Å². The largest absolute Gasteiger partial charge is 0.344 e. The maximum absolute atomic E-state index is 13.7. The molecule has 0 bridgehead atoms. The van der Waals surface area contributed by atoms with Crippen LogP contribution in [0.25, 0.3) is 43.6 Å². The van der Waals surface area contributed by atoms with E-state index in [0.29, 0.717) is 0 Å². The van der Waals surface area contributed by atoms with Crippen LogP contribution < -0.4 is 0 Å². The van der Waals surface area contributed by atoms with Gasteiger partial charge >= 0.3 is 0 Å². The van der Waals surface area contributed by atoms with E-state index in [2.05, 4.69) is 220 Å². The molecule has 5 aromatic carbocycles. The van der Waals surface area contributed by atoms with Crippen molar-refractivity contribution in [3.05, 3.63) is 261 Å². The topological polar surface area (TPSA) is 84.2 Å². The summed E-state index contributed by atoms with van der Waals surface area (Å²) in [5.41, 5.74) is 22.1. The van der Waals surface area contributed by atoms with Crippen LogP contribution in [0, 0.1) is 17.5 Å². The van der Waals surface area contributed by atoms with Gasteiger partial charge in [0.15, 0.2) is 0 Å². The highest BCUT2D eigenvalue weighted by Crippen LogP contribution is 2.47. The number of halogens is 6. The highest BCUT2D eigenvalue weighted by atomic mass is 127. The number of alkyl halides is 3. The van der Waals surface area contributed by atoms with E-state index in [-0.39, 0.29) is 16.9 Å². The van der Waals surface area contributed by atoms with E-state index >= 15 is 0 Å². The summed E-state index contributed by atoms with van der Waals surface area (Å²) in [7, 11) is 8.60. The lowest BCUT2D eigenvalue weighted by molar-refractivity contribution is 0.309. The molecule has 12 aromatic rings. The van der Waals surface area contributed by atoms with Crippen molar-refractivity contribution in [3.8, 4) is 0 Å². The van der Waals surface area contributed by atoms with Gasteiger partial charge in [-0.1, -0.05) is 42.5 Å². The number of rotatable bonds is 13. The number of benzene rings is 5. The Bertz CT molecular complexity index is 4280. The Hall–Kier alpha value is -6.54. The number of aryl methyl sites for hydroxylation is 8. The zero-order chi connectivity index (χ0) is 65.7. The zero-order valence-corrected chi connectivity index (χ0v) is 60.9. The van der Waals surface area contributed by atoms with Crippen LogP contribution in [-0.4, -0.2) is 112 Å². The van der Waals surface area contributed by atoms with Crippen molar-refractivity contribution >= 4 is 111 Å². The van der Waals surface area contributed by atoms with Crippen LogP contribution in [0.1, 0.15) is 73.0 Å². The molecule has 0 aliphatic carbocycles. The van der Waals surface area contributed by atoms with E-state index in [1.165, 1.54) is 83.7 Å². The lowest BCUT2D eigenvalue weighted by Crippen LogP contribution is -2.27. The molecular formula is C77H80F3I3N12. The first-order valence-corrected chi connectivity index (χ1v) is 36.2. The first kappa shape index (κ1) is 67.0. The second-order valence-electron chi connectivity index (χ2n) is 25.9. The molecule has 0 unspecified atom stereocenters. The molecule has 4 aliphatic rings. The summed E-state index contributed by atoms with van der Waals surface area (Å²) in [6.07, 6.45) is 20.8. The van der Waals surface area contributed by atoms with Crippen molar-refractivity contribution in [1.82, 2.24) is 57.8 Å². The van der Waals surface area contributed by atoms with Gasteiger partial charge in [0.1, 0.15) is 16.9 Å². The lowest BCUT2D eigenvalue weighted by Gasteiger charge is -2.24. The van der Waals surface area contributed by atoms with Crippen molar-refractivity contribution in [2.75, 3.05) is 54.4 Å². The predicted molar refractivity (Wildman–Crippen MR) is 403 cm³/mol. The summed E-state index contributed by atoms with van der Waals surface area (Å²) in [5, 5.41) is 4.64. The molecule has 490 valence electrons. The minimum Gasteiger partial charge on any atom is -0.344 e. The second-order valence-corrected chi connectivity index (χ2v) is 36.9. The Kier molecular flexibility index (Phi) is 21.2. The molecule has 11 heterocycles. The Morgan fingerprint density at radius 2 is 0.768 bits per heavy atom. The SMILES string of the molecule is CN1CCc2c(c3cc(C(I)(I)I)ccc3n2CCc2cnccn2)C1.CN1CCc2c(c3cc(F)ccc3n2CCc2ccccc2)C1.CN1CCc2c(c3cc(F)ccc3n2CCc2cccnc2)C1.CN1CCc2c(c3cc(F)ccc3n2CCc2ccncc2)C1. The third kappa shape index (κ3) is 15.4. The van der Waals surface area contributed by atoms with Crippen molar-refractivity contribution in [2.24, 2.45) is 0 Å². The van der Waals surface area contributed by atoms with E-state index in [4.69, 9.17) is 0 Å². The molecule has 0 N–H and O–H groups in total. The van der Waals surface area contributed by atoms with Crippen LogP contribution >= 0.6 is 67.8 Å². The number of fused-ring (bicyclic) bond motifs is 12. The van der Waals surface area contributed by atoms with Gasteiger partial charge in [-0.05, 0) is 245 Å². The van der Waals surface area contributed by atoms with Gasteiger partial charge in [-0.2, -0.15) is 0 Å². The normalized spacial score (nSPS) is 15.1. The van der Waals surface area contributed by atoms with Crippen molar-refractivity contribution in [1.29, 1.82) is 0 Å². The minimum absolute atomic E-state index is 0.0800. The third-order valence-electron chi connectivity index (χ3n) is 19.4. The fourth-order valence-corrected chi connectivity index (χ4v) is 15.6. The van der Waals surface area contributed by atoms with E-state index in [1.807, 2.05) is 49.1 Å². The summed E-state index contributed by atoms with van der Waals surface area (Å²) >= 11 is 7.52. The molecule has 0 amide bonds. The molecule has 95 heavy (non-hydrogen) atoms. The van der Waals surface area contributed by atoms with Gasteiger partial charge < -0.3 is 37.9 Å². The Morgan fingerprint density at radius 1 is 0.379 bits per heavy atom. The van der Waals surface area contributed by atoms with Crippen LogP contribution in [-0.2, 0) is 103 Å². The molecule has 0 saturated carbocycles. The fraction of sp³-hybridized carbons (Fsp3) is 0.325. The molecule has 0 fully saturated rings. The Labute approximate surface area is 596 Å². The summed E-state index contributed by atoms with van der Waals surface area (Å²) < 4.78 is 51.0. The molecule has 0 radical (unpaired) electrons. The summed E-state index contributed by atoms with van der Waals surface area (Å²) in [6, 6.07) is 41.3. The second kappa shape index (κ2) is 30.1. The van der Waals surface area contributed by atoms with Gasteiger partial charge in [0.05, 0.1) is 5.69 Å². The lowest BCUT2D eigenvalue weighted by atomic mass is 10.0. The summed E-state index contributed by atoms with van der Waals surface area (Å²) in [5.74, 6) is -0.452. The molecule has 4 aliphatic heterocycles. The molecule has 12 nitrogen and oxygen atoms in total. The average Bonchev–Trinajstić information content (AvgIpc) is 1.64. The van der Waals surface area contributed by atoms with Gasteiger partial charge in [0.2, 0.25) is 0 Å². The highest BCUT2D eigenvalue weighted by Gasteiger charge is 2.29. The number of aromatic nitrogens is 8. The van der Waals surface area contributed by atoms with Gasteiger partial charge in [-0.15, -0.1) is 0 Å². The molecular weight excluding hydrogens is 1530 g/mol. The van der Waals surface area contributed by atoms with Crippen LogP contribution in [0.2, 0.25) is 0 Å². The quantitative estimate of drug-likeness (QED) is 0.0834. The third-order valence-corrected chi connectivity index (χ3v) is 21.3. The number of pyridine rings is 2. The van der Waals surface area contributed by atoms with E-state index in [0.717, 1.165) is 163 Å². The molecule has 0 saturated heterocycles. The summed E-state index contributed by atoms with van der Waals surface area (Å²) in [4.78, 5) is 26.3. The molecule has 0 spiro atoms. The maximum atomic E-state index is 13.7. The predicted octanol–water partition coefficient (Wildman–Crippen LogP) is 15.9. The van der Waals surface area contributed by atoms with Gasteiger partial charge in [-0.25, -0.2) is 13.2 Å². The van der Waals surface area contributed by atoms with Crippen molar-refractivity contribution in [3.63, 3.8) is 0 Å². The first-order chi connectivity index (χ1) is 46.1. The smallest absolute Gasteiger partial charge is 0.149 e. The minimum atomic E-state index is -0.155. The van der Waals surface area contributed by atoms with Crippen LogP contribution in [0.4, 0.5) is 13.2 Å². The van der Waals surface area contributed by atoms with Gasteiger partial charge in [0.25, 0.3) is 0 Å². The molecule has 16 rings (SSSR count). The van der Waals surface area contributed by atoms with Crippen LogP contribution in [0.3, 0.4) is 0 Å². The first-order valence-electron chi connectivity index (χ1n) is 33.0. The zero-order valence-electron chi connectivity index (χ0n) is 54.4. The average molecular weight is 1610 g/mol. The molecule has 18 heteroatoms. The van der Waals surface area contributed by atoms with E-state index in [1.54, 1.807) is 55.0 Å². The Morgan fingerprint density at radius 3 is 1.18 bits per heavy atom. The summed E-state index contributed by atoms with van der Waals surface area (Å²) in [6.45, 7) is 11.8. The van der Waals surface area contributed by atoms with Crippen molar-refractivity contribution < 1.29 is 13.2 Å². The van der Waals surface area contributed by atoms with E-state index < -0.39 is 0 Å². The highest BCUT2D eigenvalue weighted by molar-refractivity contribution is 14.3.